The molecule has 2 aromatic rings. The molecule has 0 bridgehead atoms. The second kappa shape index (κ2) is 5.01. The third-order valence-electron chi connectivity index (χ3n) is 4.75. The zero-order valence-electron chi connectivity index (χ0n) is 12.0. The average molecular weight is 335 g/mol. The minimum atomic E-state index is -0.904. The smallest absolute Gasteiger partial charge is 0.237 e. The Kier molecular flexibility index (Phi) is 3.18. The number of halogens is 3. The van der Waals surface area contributed by atoms with Crippen molar-refractivity contribution in [2.45, 2.75) is 17.9 Å². The molecule has 2 atom stereocenters. The van der Waals surface area contributed by atoms with Gasteiger partial charge in [-0.1, -0.05) is 17.7 Å². The van der Waals surface area contributed by atoms with Crippen molar-refractivity contribution in [2.75, 3.05) is 11.9 Å². The van der Waals surface area contributed by atoms with Crippen molar-refractivity contribution < 1.29 is 13.6 Å². The van der Waals surface area contributed by atoms with Crippen LogP contribution in [0.1, 0.15) is 23.6 Å². The maximum absolute atomic E-state index is 13.7. The van der Waals surface area contributed by atoms with Crippen molar-refractivity contribution in [3.8, 4) is 0 Å². The molecule has 2 N–H and O–H groups in total. The van der Waals surface area contributed by atoms with E-state index in [-0.39, 0.29) is 22.8 Å². The van der Waals surface area contributed by atoms with E-state index in [1.807, 2.05) is 0 Å². The molecule has 4 rings (SSSR count). The molecule has 2 aliphatic rings. The Labute approximate surface area is 136 Å². The molecule has 1 amide bonds. The molecular weight excluding hydrogens is 322 g/mol. The van der Waals surface area contributed by atoms with Crippen molar-refractivity contribution >= 4 is 23.2 Å². The third kappa shape index (κ3) is 2.00. The molecule has 0 unspecified atom stereocenters. The number of benzene rings is 2. The van der Waals surface area contributed by atoms with Crippen molar-refractivity contribution in [3.05, 3.63) is 64.2 Å². The Hall–Kier alpha value is -1.98. The fourth-order valence-corrected chi connectivity index (χ4v) is 3.90. The highest BCUT2D eigenvalue weighted by Gasteiger charge is 2.55. The molecule has 1 saturated heterocycles. The van der Waals surface area contributed by atoms with Crippen LogP contribution in [0.3, 0.4) is 0 Å². The first-order valence-corrected chi connectivity index (χ1v) is 7.70. The first kappa shape index (κ1) is 14.6. The molecular formula is C17H13ClF2N2O. The molecule has 118 valence electrons. The summed E-state index contributed by atoms with van der Waals surface area (Å²) in [6.07, 6.45) is 0.537. The topological polar surface area (TPSA) is 41.1 Å². The summed E-state index contributed by atoms with van der Waals surface area (Å²) in [5.74, 6) is -1.07. The van der Waals surface area contributed by atoms with Gasteiger partial charge in [-0.3, -0.25) is 4.79 Å². The van der Waals surface area contributed by atoms with Crippen LogP contribution in [0.2, 0.25) is 5.02 Å². The fraction of sp³-hybridized carbons (Fsp3) is 0.235. The van der Waals surface area contributed by atoms with Crippen LogP contribution in [0.25, 0.3) is 0 Å². The highest BCUT2D eigenvalue weighted by atomic mass is 35.5. The molecule has 2 heterocycles. The monoisotopic (exact) mass is 334 g/mol. The quantitative estimate of drug-likeness (QED) is 0.837. The summed E-state index contributed by atoms with van der Waals surface area (Å²) in [7, 11) is 0. The number of carbonyl (C=O) groups is 1. The van der Waals surface area contributed by atoms with E-state index in [0.717, 1.165) is 0 Å². The zero-order chi connectivity index (χ0) is 16.2. The maximum atomic E-state index is 13.7. The van der Waals surface area contributed by atoms with Gasteiger partial charge in [-0.2, -0.15) is 0 Å². The Morgan fingerprint density at radius 2 is 2.00 bits per heavy atom. The van der Waals surface area contributed by atoms with Crippen LogP contribution in [-0.2, 0) is 10.2 Å². The number of anilines is 1. The molecule has 0 aliphatic carbocycles. The van der Waals surface area contributed by atoms with Gasteiger partial charge in [0.05, 0.1) is 16.5 Å². The van der Waals surface area contributed by atoms with E-state index in [2.05, 4.69) is 10.6 Å². The zero-order valence-corrected chi connectivity index (χ0v) is 12.8. The van der Waals surface area contributed by atoms with Gasteiger partial charge in [0.2, 0.25) is 5.91 Å². The molecule has 23 heavy (non-hydrogen) atoms. The minimum absolute atomic E-state index is 0.00391. The standard InChI is InChI=1S/C17H13ClF2N2O/c18-12-7-9(1-3-13(12)20)15-17(5-6-21-15)11-8-10(19)2-4-14(11)22-16(17)23/h1-4,7-8,15,21H,5-6H2,(H,22,23)/t15-,17+/m0/s1. The van der Waals surface area contributed by atoms with E-state index in [4.69, 9.17) is 11.6 Å². The number of nitrogens with one attached hydrogen (secondary N) is 2. The summed E-state index contributed by atoms with van der Waals surface area (Å²) in [6, 6.07) is 8.32. The predicted molar refractivity (Wildman–Crippen MR) is 83.5 cm³/mol. The summed E-state index contributed by atoms with van der Waals surface area (Å²) in [4.78, 5) is 12.7. The van der Waals surface area contributed by atoms with Crippen molar-refractivity contribution in [3.63, 3.8) is 0 Å². The molecule has 0 radical (unpaired) electrons. The van der Waals surface area contributed by atoms with E-state index >= 15 is 0 Å². The SMILES string of the molecule is O=C1Nc2ccc(F)cc2[C@@]12CCN[C@H]2c1ccc(F)c(Cl)c1. The Balaban J connectivity index is 1.88. The third-order valence-corrected chi connectivity index (χ3v) is 5.04. The molecule has 0 saturated carbocycles. The van der Waals surface area contributed by atoms with Crippen molar-refractivity contribution in [2.24, 2.45) is 0 Å². The van der Waals surface area contributed by atoms with Crippen molar-refractivity contribution in [1.82, 2.24) is 5.32 Å². The molecule has 2 aliphatic heterocycles. The highest BCUT2D eigenvalue weighted by Crippen LogP contribution is 2.51. The predicted octanol–water partition coefficient (Wildman–Crippen LogP) is 3.54. The van der Waals surface area contributed by atoms with Crippen LogP contribution in [0.5, 0.6) is 0 Å². The van der Waals surface area contributed by atoms with E-state index in [1.54, 1.807) is 12.1 Å². The summed E-state index contributed by atoms with van der Waals surface area (Å²) >= 11 is 5.89. The largest absolute Gasteiger partial charge is 0.325 e. The lowest BCUT2D eigenvalue weighted by Gasteiger charge is -2.29. The highest BCUT2D eigenvalue weighted by molar-refractivity contribution is 6.30. The van der Waals surface area contributed by atoms with Crippen LogP contribution >= 0.6 is 11.6 Å². The first-order chi connectivity index (χ1) is 11.0. The molecule has 2 aromatic carbocycles. The molecule has 1 spiro atoms. The van der Waals surface area contributed by atoms with E-state index in [9.17, 15) is 13.6 Å². The lowest BCUT2D eigenvalue weighted by atomic mass is 9.73. The van der Waals surface area contributed by atoms with Gasteiger partial charge in [-0.15, -0.1) is 0 Å². The van der Waals surface area contributed by atoms with E-state index in [0.29, 0.717) is 29.8 Å². The number of hydrogen-bond donors (Lipinski definition) is 2. The van der Waals surface area contributed by atoms with Crippen LogP contribution in [0, 0.1) is 11.6 Å². The number of carbonyl (C=O) groups excluding carboxylic acids is 1. The Bertz CT molecular complexity index is 826. The van der Waals surface area contributed by atoms with Gasteiger partial charge in [0.15, 0.2) is 0 Å². The van der Waals surface area contributed by atoms with Gasteiger partial charge >= 0.3 is 0 Å². The molecule has 6 heteroatoms. The van der Waals surface area contributed by atoms with Gasteiger partial charge < -0.3 is 10.6 Å². The lowest BCUT2D eigenvalue weighted by Crippen LogP contribution is -2.39. The minimum Gasteiger partial charge on any atom is -0.325 e. The molecule has 3 nitrogen and oxygen atoms in total. The van der Waals surface area contributed by atoms with Gasteiger partial charge in [-0.25, -0.2) is 8.78 Å². The first-order valence-electron chi connectivity index (χ1n) is 7.32. The van der Waals surface area contributed by atoms with Crippen LogP contribution in [-0.4, -0.2) is 12.5 Å². The summed E-state index contributed by atoms with van der Waals surface area (Å²) < 4.78 is 27.2. The Morgan fingerprint density at radius 3 is 2.78 bits per heavy atom. The second-order valence-corrected chi connectivity index (χ2v) is 6.33. The van der Waals surface area contributed by atoms with Crippen LogP contribution in [0.4, 0.5) is 14.5 Å². The summed E-state index contributed by atoms with van der Waals surface area (Å²) in [5.41, 5.74) is 1.07. The van der Waals surface area contributed by atoms with Gasteiger partial charge in [-0.05, 0) is 54.4 Å². The maximum Gasteiger partial charge on any atom is 0.237 e. The molecule has 0 aromatic heterocycles. The van der Waals surface area contributed by atoms with Crippen molar-refractivity contribution in [1.29, 1.82) is 0 Å². The fourth-order valence-electron chi connectivity index (χ4n) is 3.71. The van der Waals surface area contributed by atoms with Crippen LogP contribution < -0.4 is 10.6 Å². The van der Waals surface area contributed by atoms with Gasteiger partial charge in [0.25, 0.3) is 0 Å². The summed E-state index contributed by atoms with van der Waals surface area (Å²) in [6.45, 7) is 0.600. The number of fused-ring (bicyclic) bond motifs is 2. The molecule has 1 fully saturated rings. The normalized spacial score (nSPS) is 25.7. The lowest BCUT2D eigenvalue weighted by molar-refractivity contribution is -0.121. The number of hydrogen-bond acceptors (Lipinski definition) is 2. The van der Waals surface area contributed by atoms with Gasteiger partial charge in [0, 0.05) is 5.69 Å². The number of amides is 1. The van der Waals surface area contributed by atoms with Crippen LogP contribution in [0.15, 0.2) is 36.4 Å². The number of rotatable bonds is 1. The van der Waals surface area contributed by atoms with E-state index < -0.39 is 11.2 Å². The Morgan fingerprint density at radius 1 is 1.17 bits per heavy atom. The second-order valence-electron chi connectivity index (χ2n) is 5.93. The van der Waals surface area contributed by atoms with E-state index in [1.165, 1.54) is 24.3 Å². The average Bonchev–Trinajstić information content (AvgIpc) is 3.07. The van der Waals surface area contributed by atoms with Gasteiger partial charge in [0.1, 0.15) is 11.6 Å². The summed E-state index contributed by atoms with van der Waals surface area (Å²) in [5, 5.41) is 6.11.